The van der Waals surface area contributed by atoms with Crippen LogP contribution in [-0.2, 0) is 0 Å². The van der Waals surface area contributed by atoms with Gasteiger partial charge in [-0.25, -0.2) is 4.39 Å². The Labute approximate surface area is 142 Å². The number of methoxy groups -OCH3 is 1. The highest BCUT2D eigenvalue weighted by Gasteiger charge is 2.29. The number of hydrogen-bond acceptors (Lipinski definition) is 4. The molecular formula is C16H23ClFN3O2. The Bertz CT molecular complexity index is 544. The van der Waals surface area contributed by atoms with Crippen molar-refractivity contribution >= 4 is 18.3 Å². The zero-order valence-corrected chi connectivity index (χ0v) is 14.1. The third kappa shape index (κ3) is 3.94. The lowest BCUT2D eigenvalue weighted by Gasteiger charge is -2.37. The number of piperazine rings is 1. The van der Waals surface area contributed by atoms with Crippen molar-refractivity contribution < 1.29 is 13.9 Å². The first-order valence-electron chi connectivity index (χ1n) is 7.76. The molecule has 1 unspecified atom stereocenters. The van der Waals surface area contributed by atoms with Gasteiger partial charge in [0.2, 0.25) is 0 Å². The molecule has 0 aromatic heterocycles. The summed E-state index contributed by atoms with van der Waals surface area (Å²) in [4.78, 5) is 16.6. The summed E-state index contributed by atoms with van der Waals surface area (Å²) < 4.78 is 19.0. The SMILES string of the molecule is COc1ccc(C(=O)N2CCN(C3CCNC3)CC2)c(F)c1.Cl. The van der Waals surface area contributed by atoms with E-state index < -0.39 is 5.82 Å². The van der Waals surface area contributed by atoms with Crippen molar-refractivity contribution in [1.29, 1.82) is 0 Å². The lowest BCUT2D eigenvalue weighted by Crippen LogP contribution is -2.52. The molecule has 2 saturated heterocycles. The van der Waals surface area contributed by atoms with Crippen LogP contribution in [0.15, 0.2) is 18.2 Å². The van der Waals surface area contributed by atoms with Crippen molar-refractivity contribution in [1.82, 2.24) is 15.1 Å². The number of ether oxygens (including phenoxy) is 1. The van der Waals surface area contributed by atoms with Crippen molar-refractivity contribution in [2.45, 2.75) is 12.5 Å². The normalized spacial score (nSPS) is 21.8. The summed E-state index contributed by atoms with van der Waals surface area (Å²) in [7, 11) is 1.48. The second-order valence-corrected chi connectivity index (χ2v) is 5.82. The van der Waals surface area contributed by atoms with Crippen LogP contribution >= 0.6 is 12.4 Å². The van der Waals surface area contributed by atoms with Crippen molar-refractivity contribution in [3.05, 3.63) is 29.6 Å². The summed E-state index contributed by atoms with van der Waals surface area (Å²) in [6.07, 6.45) is 1.17. The van der Waals surface area contributed by atoms with Gasteiger partial charge < -0.3 is 15.0 Å². The van der Waals surface area contributed by atoms with Crippen molar-refractivity contribution in [2.24, 2.45) is 0 Å². The number of nitrogens with zero attached hydrogens (tertiary/aromatic N) is 2. The minimum Gasteiger partial charge on any atom is -0.497 e. The number of hydrogen-bond donors (Lipinski definition) is 1. The van der Waals surface area contributed by atoms with Crippen LogP contribution in [0.2, 0.25) is 0 Å². The van der Waals surface area contributed by atoms with E-state index in [9.17, 15) is 9.18 Å². The van der Waals surface area contributed by atoms with Crippen LogP contribution < -0.4 is 10.1 Å². The molecule has 0 bridgehead atoms. The molecule has 2 aliphatic rings. The van der Waals surface area contributed by atoms with E-state index in [1.54, 1.807) is 11.0 Å². The maximum absolute atomic E-state index is 14.0. The lowest BCUT2D eigenvalue weighted by molar-refractivity contribution is 0.0579. The van der Waals surface area contributed by atoms with E-state index in [2.05, 4.69) is 10.2 Å². The first-order chi connectivity index (χ1) is 10.7. The van der Waals surface area contributed by atoms with Gasteiger partial charge in [0, 0.05) is 44.8 Å². The first kappa shape index (κ1) is 18.0. The Kier molecular flexibility index (Phi) is 6.21. The third-order valence-electron chi connectivity index (χ3n) is 4.56. The highest BCUT2D eigenvalue weighted by molar-refractivity contribution is 5.94. The van der Waals surface area contributed by atoms with Gasteiger partial charge in [-0.3, -0.25) is 9.69 Å². The molecule has 2 aliphatic heterocycles. The van der Waals surface area contributed by atoms with Crippen LogP contribution in [0.3, 0.4) is 0 Å². The molecule has 1 N–H and O–H groups in total. The largest absolute Gasteiger partial charge is 0.497 e. The Morgan fingerprint density at radius 2 is 2.04 bits per heavy atom. The predicted octanol–water partition coefficient (Wildman–Crippen LogP) is 1.38. The van der Waals surface area contributed by atoms with Crippen LogP contribution in [0, 0.1) is 5.82 Å². The number of carbonyl (C=O) groups is 1. The van der Waals surface area contributed by atoms with E-state index in [0.717, 1.165) is 26.2 Å². The van der Waals surface area contributed by atoms with Crippen LogP contribution in [-0.4, -0.2) is 68.1 Å². The highest BCUT2D eigenvalue weighted by atomic mass is 35.5. The number of amides is 1. The van der Waals surface area contributed by atoms with Gasteiger partial charge in [-0.05, 0) is 25.1 Å². The molecule has 1 aromatic rings. The minimum atomic E-state index is -0.522. The summed E-state index contributed by atoms with van der Waals surface area (Å²) in [6, 6.07) is 4.96. The van der Waals surface area contributed by atoms with Gasteiger partial charge in [0.25, 0.3) is 5.91 Å². The maximum Gasteiger partial charge on any atom is 0.256 e. The lowest BCUT2D eigenvalue weighted by atomic mass is 10.1. The highest BCUT2D eigenvalue weighted by Crippen LogP contribution is 2.19. The Morgan fingerprint density at radius 1 is 1.30 bits per heavy atom. The fourth-order valence-corrected chi connectivity index (χ4v) is 3.21. The van der Waals surface area contributed by atoms with Gasteiger partial charge in [0.05, 0.1) is 12.7 Å². The fourth-order valence-electron chi connectivity index (χ4n) is 3.21. The Hall–Kier alpha value is -1.37. The van der Waals surface area contributed by atoms with Crippen LogP contribution in [0.25, 0.3) is 0 Å². The first-order valence-corrected chi connectivity index (χ1v) is 7.76. The molecule has 0 spiro atoms. The predicted molar refractivity (Wildman–Crippen MR) is 89.0 cm³/mol. The molecule has 5 nitrogen and oxygen atoms in total. The smallest absolute Gasteiger partial charge is 0.256 e. The summed E-state index contributed by atoms with van der Waals surface area (Å²) >= 11 is 0. The molecule has 0 aliphatic carbocycles. The second-order valence-electron chi connectivity index (χ2n) is 5.82. The van der Waals surface area contributed by atoms with E-state index in [0.29, 0.717) is 24.9 Å². The van der Waals surface area contributed by atoms with Crippen LogP contribution in [0.1, 0.15) is 16.8 Å². The van der Waals surface area contributed by atoms with Crippen molar-refractivity contribution in [3.8, 4) is 5.75 Å². The second kappa shape index (κ2) is 7.95. The number of halogens is 2. The third-order valence-corrected chi connectivity index (χ3v) is 4.56. The Balaban J connectivity index is 0.00000192. The molecule has 1 aromatic carbocycles. The zero-order valence-electron chi connectivity index (χ0n) is 13.3. The van der Waals surface area contributed by atoms with Gasteiger partial charge in [0.1, 0.15) is 11.6 Å². The number of nitrogens with one attached hydrogen (secondary N) is 1. The molecule has 2 fully saturated rings. The monoisotopic (exact) mass is 343 g/mol. The van der Waals surface area contributed by atoms with Crippen molar-refractivity contribution in [3.63, 3.8) is 0 Å². The number of carbonyl (C=O) groups excluding carboxylic acids is 1. The molecule has 128 valence electrons. The maximum atomic E-state index is 14.0. The summed E-state index contributed by atoms with van der Waals surface area (Å²) in [6.45, 7) is 5.12. The number of rotatable bonds is 3. The van der Waals surface area contributed by atoms with E-state index in [4.69, 9.17) is 4.74 Å². The average molecular weight is 344 g/mol. The summed E-state index contributed by atoms with van der Waals surface area (Å²) in [5, 5.41) is 3.36. The van der Waals surface area contributed by atoms with Crippen molar-refractivity contribution in [2.75, 3.05) is 46.4 Å². The minimum absolute atomic E-state index is 0. The Morgan fingerprint density at radius 3 is 2.61 bits per heavy atom. The molecule has 2 heterocycles. The van der Waals surface area contributed by atoms with Gasteiger partial charge in [-0.1, -0.05) is 0 Å². The van der Waals surface area contributed by atoms with E-state index in [1.807, 2.05) is 0 Å². The number of benzene rings is 1. The van der Waals surface area contributed by atoms with E-state index >= 15 is 0 Å². The van der Waals surface area contributed by atoms with E-state index in [-0.39, 0.29) is 23.9 Å². The molecule has 0 radical (unpaired) electrons. The van der Waals surface area contributed by atoms with Gasteiger partial charge in [-0.15, -0.1) is 12.4 Å². The summed E-state index contributed by atoms with van der Waals surface area (Å²) in [5.74, 6) is -0.330. The van der Waals surface area contributed by atoms with E-state index in [1.165, 1.54) is 25.7 Å². The zero-order chi connectivity index (χ0) is 15.5. The molecule has 23 heavy (non-hydrogen) atoms. The molecule has 1 amide bonds. The fraction of sp³-hybridized carbons (Fsp3) is 0.562. The molecule has 7 heteroatoms. The quantitative estimate of drug-likeness (QED) is 0.900. The molecule has 1 atom stereocenters. The average Bonchev–Trinajstić information content (AvgIpc) is 3.08. The molecule has 3 rings (SSSR count). The van der Waals surface area contributed by atoms with Gasteiger partial charge in [0.15, 0.2) is 0 Å². The van der Waals surface area contributed by atoms with Crippen LogP contribution in [0.4, 0.5) is 4.39 Å². The molecular weight excluding hydrogens is 321 g/mol. The van der Waals surface area contributed by atoms with Crippen LogP contribution in [0.5, 0.6) is 5.75 Å². The van der Waals surface area contributed by atoms with Gasteiger partial charge >= 0.3 is 0 Å². The topological polar surface area (TPSA) is 44.8 Å². The molecule has 0 saturated carbocycles. The van der Waals surface area contributed by atoms with Gasteiger partial charge in [-0.2, -0.15) is 0 Å². The standard InChI is InChI=1S/C16H22FN3O2.ClH/c1-22-13-2-3-14(15(17)10-13)16(21)20-8-6-19(7-9-20)12-4-5-18-11-12;/h2-3,10,12,18H,4-9,11H2,1H3;1H. The summed E-state index contributed by atoms with van der Waals surface area (Å²) in [5.41, 5.74) is 0.122.